The number of nitrogen functional groups attached to an aromatic ring is 1. The van der Waals surface area contributed by atoms with Crippen molar-refractivity contribution in [1.29, 1.82) is 0 Å². The molecule has 0 spiro atoms. The maximum absolute atomic E-state index is 12.3. The molecule has 1 saturated heterocycles. The van der Waals surface area contributed by atoms with Crippen LogP contribution in [0.4, 0.5) is 5.69 Å². The normalized spacial score (nSPS) is 18.6. The van der Waals surface area contributed by atoms with Crippen LogP contribution in [0.5, 0.6) is 0 Å². The van der Waals surface area contributed by atoms with Crippen LogP contribution in [0.15, 0.2) is 29.2 Å². The highest BCUT2D eigenvalue weighted by Gasteiger charge is 2.27. The quantitative estimate of drug-likeness (QED) is 0.841. The number of benzene rings is 1. The van der Waals surface area contributed by atoms with E-state index < -0.39 is 16.0 Å². The van der Waals surface area contributed by atoms with Gasteiger partial charge in [0.15, 0.2) is 0 Å². The third-order valence-electron chi connectivity index (χ3n) is 3.18. The molecule has 0 aromatic heterocycles. The van der Waals surface area contributed by atoms with E-state index in [0.29, 0.717) is 10.6 Å². The van der Waals surface area contributed by atoms with Crippen molar-refractivity contribution in [1.82, 2.24) is 4.90 Å². The number of carbonyl (C=O) groups is 1. The van der Waals surface area contributed by atoms with E-state index in [2.05, 4.69) is 0 Å². The van der Waals surface area contributed by atoms with Gasteiger partial charge in [0.25, 0.3) is 0 Å². The summed E-state index contributed by atoms with van der Waals surface area (Å²) in [4.78, 5) is 14.6. The molecule has 0 saturated carbocycles. The number of anilines is 1. The van der Waals surface area contributed by atoms with Gasteiger partial charge in [0.1, 0.15) is 5.25 Å². The van der Waals surface area contributed by atoms with Gasteiger partial charge in [-0.3, -0.25) is 9.00 Å². The van der Waals surface area contributed by atoms with E-state index in [9.17, 15) is 9.00 Å². The van der Waals surface area contributed by atoms with Gasteiger partial charge in [0.2, 0.25) is 5.91 Å². The average Bonchev–Trinajstić information content (AvgIpc) is 2.90. The summed E-state index contributed by atoms with van der Waals surface area (Å²) in [6.45, 7) is 3.30. The summed E-state index contributed by atoms with van der Waals surface area (Å²) in [6.07, 6.45) is 2.09. The standard InChI is InChI=1S/C13H18N2O2S/c1-10(13(16)15-7-2-3-8-15)18(17)12-6-4-5-11(14)9-12/h4-6,9-10H,2-3,7-8,14H2,1H3. The number of rotatable bonds is 3. The topological polar surface area (TPSA) is 63.4 Å². The molecule has 2 atom stereocenters. The second-order valence-corrected chi connectivity index (χ2v) is 6.32. The van der Waals surface area contributed by atoms with E-state index in [1.165, 1.54) is 0 Å². The van der Waals surface area contributed by atoms with Gasteiger partial charge in [-0.25, -0.2) is 0 Å². The van der Waals surface area contributed by atoms with Gasteiger partial charge in [0, 0.05) is 23.7 Å². The molecule has 1 aliphatic rings. The van der Waals surface area contributed by atoms with Gasteiger partial charge in [-0.2, -0.15) is 0 Å². The molecule has 98 valence electrons. The van der Waals surface area contributed by atoms with Gasteiger partial charge in [-0.1, -0.05) is 6.07 Å². The van der Waals surface area contributed by atoms with Gasteiger partial charge in [-0.15, -0.1) is 0 Å². The van der Waals surface area contributed by atoms with Crippen molar-refractivity contribution in [3.8, 4) is 0 Å². The smallest absolute Gasteiger partial charge is 0.238 e. The van der Waals surface area contributed by atoms with Crippen LogP contribution in [-0.2, 0) is 15.6 Å². The second-order valence-electron chi connectivity index (χ2n) is 4.54. The lowest BCUT2D eigenvalue weighted by molar-refractivity contribution is -0.129. The molecule has 2 rings (SSSR count). The third-order valence-corrected chi connectivity index (χ3v) is 4.74. The molecule has 1 aromatic rings. The summed E-state index contributed by atoms with van der Waals surface area (Å²) in [5.74, 6) is -0.0201. The first-order valence-corrected chi connectivity index (χ1v) is 7.36. The predicted molar refractivity (Wildman–Crippen MR) is 72.5 cm³/mol. The van der Waals surface area contributed by atoms with Crippen molar-refractivity contribution < 1.29 is 9.00 Å². The maximum Gasteiger partial charge on any atom is 0.238 e. The first kappa shape index (κ1) is 13.1. The van der Waals surface area contributed by atoms with E-state index >= 15 is 0 Å². The van der Waals surface area contributed by atoms with Crippen molar-refractivity contribution in [2.75, 3.05) is 18.8 Å². The Bertz CT molecular complexity index is 470. The molecule has 4 nitrogen and oxygen atoms in total. The highest BCUT2D eigenvalue weighted by Crippen LogP contribution is 2.18. The molecule has 0 radical (unpaired) electrons. The Morgan fingerprint density at radius 2 is 2.06 bits per heavy atom. The van der Waals surface area contributed by atoms with Crippen molar-refractivity contribution in [3.05, 3.63) is 24.3 Å². The van der Waals surface area contributed by atoms with Crippen LogP contribution in [0.1, 0.15) is 19.8 Å². The number of nitrogens with two attached hydrogens (primary N) is 1. The third kappa shape index (κ3) is 2.72. The van der Waals surface area contributed by atoms with E-state index in [0.717, 1.165) is 25.9 Å². The van der Waals surface area contributed by atoms with Crippen LogP contribution in [-0.4, -0.2) is 33.4 Å². The summed E-state index contributed by atoms with van der Waals surface area (Å²) in [5, 5.41) is -0.509. The summed E-state index contributed by atoms with van der Waals surface area (Å²) >= 11 is 0. The summed E-state index contributed by atoms with van der Waals surface area (Å²) in [7, 11) is -1.34. The molecule has 1 fully saturated rings. The predicted octanol–water partition coefficient (Wildman–Crippen LogP) is 1.39. The largest absolute Gasteiger partial charge is 0.399 e. The molecule has 0 bridgehead atoms. The number of nitrogens with zero attached hydrogens (tertiary/aromatic N) is 1. The zero-order chi connectivity index (χ0) is 13.1. The molecular weight excluding hydrogens is 248 g/mol. The van der Waals surface area contributed by atoms with E-state index in [1.54, 1.807) is 36.1 Å². The van der Waals surface area contributed by atoms with Crippen molar-refractivity contribution in [2.45, 2.75) is 29.9 Å². The lowest BCUT2D eigenvalue weighted by Gasteiger charge is -2.19. The Hall–Kier alpha value is -1.36. The zero-order valence-corrected chi connectivity index (χ0v) is 11.3. The van der Waals surface area contributed by atoms with Crippen LogP contribution in [0, 0.1) is 0 Å². The second kappa shape index (κ2) is 5.52. The van der Waals surface area contributed by atoms with Crippen LogP contribution in [0.3, 0.4) is 0 Å². The van der Waals surface area contributed by atoms with Crippen LogP contribution in [0.25, 0.3) is 0 Å². The Morgan fingerprint density at radius 1 is 1.39 bits per heavy atom. The van der Waals surface area contributed by atoms with Crippen LogP contribution >= 0.6 is 0 Å². The fourth-order valence-electron chi connectivity index (χ4n) is 2.13. The van der Waals surface area contributed by atoms with Crippen molar-refractivity contribution in [3.63, 3.8) is 0 Å². The maximum atomic E-state index is 12.3. The number of hydrogen-bond acceptors (Lipinski definition) is 3. The van der Waals surface area contributed by atoms with Crippen LogP contribution < -0.4 is 5.73 Å². The fourth-order valence-corrected chi connectivity index (χ4v) is 3.34. The van der Waals surface area contributed by atoms with Crippen LogP contribution in [0.2, 0.25) is 0 Å². The molecule has 1 aromatic carbocycles. The van der Waals surface area contributed by atoms with E-state index in [1.807, 2.05) is 0 Å². The lowest BCUT2D eigenvalue weighted by atomic mass is 10.3. The molecule has 1 heterocycles. The SMILES string of the molecule is CC(C(=O)N1CCCC1)S(=O)c1cccc(N)c1. The minimum Gasteiger partial charge on any atom is -0.399 e. The molecule has 18 heavy (non-hydrogen) atoms. The Labute approximate surface area is 110 Å². The number of amides is 1. The van der Waals surface area contributed by atoms with Gasteiger partial charge in [-0.05, 0) is 38.0 Å². The first-order chi connectivity index (χ1) is 8.59. The summed E-state index contributed by atoms with van der Waals surface area (Å²) in [5.41, 5.74) is 6.24. The lowest BCUT2D eigenvalue weighted by Crippen LogP contribution is -2.37. The molecule has 2 unspecified atom stereocenters. The minimum atomic E-state index is -1.34. The first-order valence-electron chi connectivity index (χ1n) is 6.14. The summed E-state index contributed by atoms with van der Waals surface area (Å²) < 4.78 is 12.3. The van der Waals surface area contributed by atoms with Gasteiger partial charge in [0.05, 0.1) is 10.8 Å². The molecule has 5 heteroatoms. The minimum absolute atomic E-state index is 0.0201. The number of hydrogen-bond donors (Lipinski definition) is 1. The monoisotopic (exact) mass is 266 g/mol. The molecule has 1 amide bonds. The van der Waals surface area contributed by atoms with E-state index in [4.69, 9.17) is 5.73 Å². The van der Waals surface area contributed by atoms with E-state index in [-0.39, 0.29) is 5.91 Å². The van der Waals surface area contributed by atoms with Crippen molar-refractivity contribution in [2.24, 2.45) is 0 Å². The molecular formula is C13H18N2O2S. The molecule has 0 aliphatic carbocycles. The highest BCUT2D eigenvalue weighted by molar-refractivity contribution is 7.86. The molecule has 2 N–H and O–H groups in total. The fraction of sp³-hybridized carbons (Fsp3) is 0.462. The Balaban J connectivity index is 2.10. The van der Waals surface area contributed by atoms with Gasteiger partial charge >= 0.3 is 0 Å². The number of likely N-dealkylation sites (tertiary alicyclic amines) is 1. The van der Waals surface area contributed by atoms with Gasteiger partial charge < -0.3 is 10.6 Å². The zero-order valence-electron chi connectivity index (χ0n) is 10.5. The Morgan fingerprint density at radius 3 is 2.67 bits per heavy atom. The Kier molecular flexibility index (Phi) is 4.01. The number of carbonyl (C=O) groups excluding carboxylic acids is 1. The average molecular weight is 266 g/mol. The molecule has 1 aliphatic heterocycles. The van der Waals surface area contributed by atoms with Crippen molar-refractivity contribution >= 4 is 22.4 Å². The summed E-state index contributed by atoms with van der Waals surface area (Å²) in [6, 6.07) is 6.92. The highest BCUT2D eigenvalue weighted by atomic mass is 32.2.